The van der Waals surface area contributed by atoms with Gasteiger partial charge in [-0.2, -0.15) is 13.2 Å². The van der Waals surface area contributed by atoms with Crippen LogP contribution in [-0.4, -0.2) is 0 Å². The molecule has 0 spiro atoms. The lowest BCUT2D eigenvalue weighted by molar-refractivity contribution is -0.137. The molecule has 0 heterocycles. The summed E-state index contributed by atoms with van der Waals surface area (Å²) in [6, 6.07) is 65.3. The van der Waals surface area contributed by atoms with Gasteiger partial charge in [-0.3, -0.25) is 0 Å². The number of hydrogen-bond acceptors (Lipinski definition) is 0. The average molecular weight is 699 g/mol. The van der Waals surface area contributed by atoms with Crippen molar-refractivity contribution in [1.29, 1.82) is 0 Å². The first-order valence-corrected chi connectivity index (χ1v) is 20.0. The molecule has 0 aliphatic carbocycles. The van der Waals surface area contributed by atoms with Gasteiger partial charge in [0.1, 0.15) is 0 Å². The second-order valence-electron chi connectivity index (χ2n) is 11.4. The van der Waals surface area contributed by atoms with Crippen molar-refractivity contribution in [3.63, 3.8) is 0 Å². The standard InChI is InChI=1S/C43H32F3P3/c44-43(45,46)33-29-31-38(32-30-33)49(41-27-15-13-25-39(41)47(34-17-5-1-6-18-34)35-19-7-2-8-20-35)42-28-16-14-26-40(42)48(36-21-9-3-10-22-36)37-23-11-4-12-24-37/h1-32H. The SMILES string of the molecule is FC(F)(F)c1ccc(P(c2ccccc2P(c2ccccc2)c2ccccc2)c2ccccc2P(c2ccccc2)c2ccccc2)cc1. The molecule has 0 saturated carbocycles. The molecule has 240 valence electrons. The molecule has 7 aromatic carbocycles. The van der Waals surface area contributed by atoms with E-state index < -0.39 is 35.5 Å². The summed E-state index contributed by atoms with van der Waals surface area (Å²) in [4.78, 5) is 0. The maximum atomic E-state index is 13.9. The fourth-order valence-electron chi connectivity index (χ4n) is 6.05. The molecule has 7 aromatic rings. The summed E-state index contributed by atoms with van der Waals surface area (Å²) in [5, 5.41) is 10.5. The van der Waals surface area contributed by atoms with E-state index in [4.69, 9.17) is 0 Å². The fraction of sp³-hybridized carbons (Fsp3) is 0.0233. The highest BCUT2D eigenvalue weighted by atomic mass is 31.1. The number of halogens is 3. The molecule has 6 heteroatoms. The molecule has 0 radical (unpaired) electrons. The molecule has 49 heavy (non-hydrogen) atoms. The van der Waals surface area contributed by atoms with Crippen molar-refractivity contribution in [3.8, 4) is 0 Å². The highest BCUT2D eigenvalue weighted by molar-refractivity contribution is 7.87. The largest absolute Gasteiger partial charge is 0.416 e. The van der Waals surface area contributed by atoms with E-state index in [1.54, 1.807) is 12.1 Å². The smallest absolute Gasteiger partial charge is 0.166 e. The number of hydrogen-bond donors (Lipinski definition) is 0. The minimum atomic E-state index is -4.42. The fourth-order valence-corrected chi connectivity index (χ4v) is 14.3. The van der Waals surface area contributed by atoms with Crippen LogP contribution in [0.5, 0.6) is 0 Å². The van der Waals surface area contributed by atoms with Crippen molar-refractivity contribution < 1.29 is 13.2 Å². The van der Waals surface area contributed by atoms with E-state index in [9.17, 15) is 13.2 Å². The van der Waals surface area contributed by atoms with Crippen molar-refractivity contribution >= 4 is 71.5 Å². The third-order valence-corrected chi connectivity index (χ3v) is 16.2. The summed E-state index contributed by atoms with van der Waals surface area (Å²) in [6.07, 6.45) is -4.42. The van der Waals surface area contributed by atoms with Crippen LogP contribution in [0.1, 0.15) is 5.56 Å². The van der Waals surface area contributed by atoms with Crippen LogP contribution < -0.4 is 47.7 Å². The van der Waals surface area contributed by atoms with Gasteiger partial charge in [-0.05, 0) is 83.6 Å². The molecular formula is C43H32F3P3. The first-order valence-electron chi connectivity index (χ1n) is 15.9. The van der Waals surface area contributed by atoms with Crippen LogP contribution in [0.4, 0.5) is 13.2 Å². The molecular weight excluding hydrogens is 666 g/mol. The van der Waals surface area contributed by atoms with E-state index in [1.807, 2.05) is 24.3 Å². The lowest BCUT2D eigenvalue weighted by Crippen LogP contribution is -2.39. The number of rotatable bonds is 9. The van der Waals surface area contributed by atoms with E-state index >= 15 is 0 Å². The summed E-state index contributed by atoms with van der Waals surface area (Å²) in [5.74, 6) is 0. The Kier molecular flexibility index (Phi) is 10.2. The lowest BCUT2D eigenvalue weighted by atomic mass is 10.2. The highest BCUT2D eigenvalue weighted by Crippen LogP contribution is 2.42. The zero-order chi connectivity index (χ0) is 33.6. The summed E-state index contributed by atoms with van der Waals surface area (Å²) >= 11 is 0. The Morgan fingerprint density at radius 3 is 0.796 bits per heavy atom. The minimum Gasteiger partial charge on any atom is -0.166 e. The van der Waals surface area contributed by atoms with Crippen LogP contribution in [0.2, 0.25) is 0 Å². The third kappa shape index (κ3) is 7.32. The van der Waals surface area contributed by atoms with E-state index in [2.05, 4.69) is 146 Å². The summed E-state index contributed by atoms with van der Waals surface area (Å²) in [5.41, 5.74) is -0.639. The Hall–Kier alpha value is -4.38. The molecule has 0 aliphatic heterocycles. The van der Waals surface area contributed by atoms with Crippen LogP contribution in [0.25, 0.3) is 0 Å². The highest BCUT2D eigenvalue weighted by Gasteiger charge is 2.32. The predicted octanol–water partition coefficient (Wildman–Crippen LogP) is 7.98. The summed E-state index contributed by atoms with van der Waals surface area (Å²) < 4.78 is 41.6. The predicted molar refractivity (Wildman–Crippen MR) is 208 cm³/mol. The maximum Gasteiger partial charge on any atom is 0.416 e. The lowest BCUT2D eigenvalue weighted by Gasteiger charge is -2.30. The van der Waals surface area contributed by atoms with Gasteiger partial charge in [0, 0.05) is 0 Å². The number of benzene rings is 7. The Morgan fingerprint density at radius 2 is 0.510 bits per heavy atom. The molecule has 0 unspecified atom stereocenters. The van der Waals surface area contributed by atoms with E-state index in [0.29, 0.717) is 0 Å². The Bertz CT molecular complexity index is 1900. The van der Waals surface area contributed by atoms with Gasteiger partial charge >= 0.3 is 6.18 Å². The van der Waals surface area contributed by atoms with Crippen molar-refractivity contribution in [2.45, 2.75) is 6.18 Å². The van der Waals surface area contributed by atoms with Crippen LogP contribution in [0.15, 0.2) is 194 Å². The Balaban J connectivity index is 1.50. The molecule has 0 saturated heterocycles. The molecule has 0 amide bonds. The topological polar surface area (TPSA) is 0 Å². The van der Waals surface area contributed by atoms with Gasteiger partial charge in [0.05, 0.1) is 5.56 Å². The molecule has 0 bridgehead atoms. The van der Waals surface area contributed by atoms with Crippen LogP contribution in [0, 0.1) is 0 Å². The van der Waals surface area contributed by atoms with Gasteiger partial charge in [0.25, 0.3) is 0 Å². The second-order valence-corrected chi connectivity index (χ2v) is 17.9. The molecule has 0 atom stereocenters. The maximum absolute atomic E-state index is 13.9. The van der Waals surface area contributed by atoms with Crippen molar-refractivity contribution in [2.24, 2.45) is 0 Å². The monoisotopic (exact) mass is 698 g/mol. The van der Waals surface area contributed by atoms with E-state index in [-0.39, 0.29) is 0 Å². The van der Waals surface area contributed by atoms with Crippen molar-refractivity contribution in [2.75, 3.05) is 0 Å². The Labute approximate surface area is 289 Å². The van der Waals surface area contributed by atoms with Gasteiger partial charge < -0.3 is 0 Å². The van der Waals surface area contributed by atoms with Gasteiger partial charge in [-0.15, -0.1) is 0 Å². The summed E-state index contributed by atoms with van der Waals surface area (Å²) in [7, 11) is -3.25. The summed E-state index contributed by atoms with van der Waals surface area (Å²) in [6.45, 7) is 0. The molecule has 0 aliphatic rings. The quantitative estimate of drug-likeness (QED) is 0.134. The molecule has 0 fully saturated rings. The third-order valence-electron chi connectivity index (χ3n) is 8.24. The normalized spacial score (nSPS) is 11.7. The molecule has 0 aromatic heterocycles. The zero-order valence-corrected chi connectivity index (χ0v) is 29.1. The molecule has 0 nitrogen and oxygen atoms in total. The van der Waals surface area contributed by atoms with Gasteiger partial charge in [-0.25, -0.2) is 0 Å². The van der Waals surface area contributed by atoms with Crippen molar-refractivity contribution in [3.05, 3.63) is 200 Å². The van der Waals surface area contributed by atoms with Gasteiger partial charge in [-0.1, -0.05) is 182 Å². The van der Waals surface area contributed by atoms with E-state index in [0.717, 1.165) is 15.9 Å². The minimum absolute atomic E-state index is 0.639. The van der Waals surface area contributed by atoms with E-state index in [1.165, 1.54) is 44.0 Å². The Morgan fingerprint density at radius 1 is 0.265 bits per heavy atom. The van der Waals surface area contributed by atoms with Crippen LogP contribution in [0.3, 0.4) is 0 Å². The van der Waals surface area contributed by atoms with Crippen LogP contribution in [-0.2, 0) is 6.18 Å². The zero-order valence-electron chi connectivity index (χ0n) is 26.5. The first kappa shape index (κ1) is 33.1. The first-order chi connectivity index (χ1) is 24.0. The molecule has 7 rings (SSSR count). The second kappa shape index (κ2) is 15.0. The van der Waals surface area contributed by atoms with Crippen molar-refractivity contribution in [1.82, 2.24) is 0 Å². The molecule has 0 N–H and O–H groups in total. The average Bonchev–Trinajstić information content (AvgIpc) is 3.15. The number of alkyl halides is 3. The van der Waals surface area contributed by atoms with Gasteiger partial charge in [0.15, 0.2) is 0 Å². The van der Waals surface area contributed by atoms with Crippen LogP contribution >= 0.6 is 23.8 Å². The van der Waals surface area contributed by atoms with Gasteiger partial charge in [0.2, 0.25) is 0 Å².